The second-order valence-corrected chi connectivity index (χ2v) is 3.54. The van der Waals surface area contributed by atoms with E-state index in [1.54, 1.807) is 0 Å². The van der Waals surface area contributed by atoms with Crippen LogP contribution in [0.25, 0.3) is 0 Å². The summed E-state index contributed by atoms with van der Waals surface area (Å²) in [4.78, 5) is 0. The van der Waals surface area contributed by atoms with Crippen LogP contribution in [-0.2, 0) is 0 Å². The topological polar surface area (TPSA) is 0 Å². The van der Waals surface area contributed by atoms with Gasteiger partial charge in [0.25, 0.3) is 0 Å². The van der Waals surface area contributed by atoms with Crippen LogP contribution < -0.4 is 0 Å². The van der Waals surface area contributed by atoms with Crippen LogP contribution in [0.1, 0.15) is 39.5 Å². The average molecular weight is 136 g/mol. The van der Waals surface area contributed by atoms with Crippen LogP contribution >= 0.6 is 0 Å². The van der Waals surface area contributed by atoms with E-state index in [2.05, 4.69) is 25.7 Å². The molecule has 1 atom stereocenters. The Labute approximate surface area is 64.0 Å². The maximum absolute atomic E-state index is 3.30. The molecule has 0 N–H and O–H groups in total. The van der Waals surface area contributed by atoms with E-state index < -0.39 is 0 Å². The second-order valence-electron chi connectivity index (χ2n) is 3.54. The van der Waals surface area contributed by atoms with Crippen molar-refractivity contribution in [3.8, 4) is 11.8 Å². The maximum Gasteiger partial charge on any atom is 0.0205 e. The van der Waals surface area contributed by atoms with Gasteiger partial charge in [0.1, 0.15) is 0 Å². The highest BCUT2D eigenvalue weighted by molar-refractivity contribution is 5.07. The largest absolute Gasteiger partial charge is 0.103 e. The molecule has 1 aliphatic carbocycles. The van der Waals surface area contributed by atoms with Crippen molar-refractivity contribution < 1.29 is 0 Å². The predicted octanol–water partition coefficient (Wildman–Crippen LogP) is 2.84. The predicted molar refractivity (Wildman–Crippen MR) is 44.6 cm³/mol. The van der Waals surface area contributed by atoms with Gasteiger partial charge in [-0.15, -0.1) is 5.92 Å². The van der Waals surface area contributed by atoms with E-state index in [9.17, 15) is 0 Å². The van der Waals surface area contributed by atoms with Gasteiger partial charge in [0.05, 0.1) is 0 Å². The van der Waals surface area contributed by atoms with Crippen LogP contribution in [0.2, 0.25) is 0 Å². The molecule has 0 radical (unpaired) electrons. The Morgan fingerprint density at radius 3 is 2.80 bits per heavy atom. The van der Waals surface area contributed by atoms with E-state index in [4.69, 9.17) is 0 Å². The van der Waals surface area contributed by atoms with Crippen molar-refractivity contribution in [2.24, 2.45) is 11.8 Å². The standard InChI is InChI=1S/C10H16/c1-9(2)8-10-6-4-3-5-7-10/h9-10H,3-4,6,8H2,1-2H3. The van der Waals surface area contributed by atoms with E-state index in [1.165, 1.54) is 19.3 Å². The van der Waals surface area contributed by atoms with Gasteiger partial charge in [-0.05, 0) is 25.2 Å². The van der Waals surface area contributed by atoms with E-state index in [-0.39, 0.29) is 0 Å². The zero-order valence-corrected chi connectivity index (χ0v) is 6.98. The lowest BCUT2D eigenvalue weighted by Gasteiger charge is -2.14. The summed E-state index contributed by atoms with van der Waals surface area (Å²) in [5.41, 5.74) is 0. The van der Waals surface area contributed by atoms with E-state index in [0.717, 1.165) is 12.3 Å². The zero-order valence-electron chi connectivity index (χ0n) is 6.98. The third-order valence-corrected chi connectivity index (χ3v) is 1.92. The highest BCUT2D eigenvalue weighted by Gasteiger charge is 2.09. The van der Waals surface area contributed by atoms with Crippen LogP contribution in [0.3, 0.4) is 0 Å². The van der Waals surface area contributed by atoms with Crippen LogP contribution in [-0.4, -0.2) is 0 Å². The Kier molecular flexibility index (Phi) is 2.81. The summed E-state index contributed by atoms with van der Waals surface area (Å²) in [6.07, 6.45) is 5.09. The molecule has 0 saturated carbocycles. The molecule has 0 fully saturated rings. The molecule has 0 bridgehead atoms. The molecule has 1 aliphatic rings. The molecule has 0 heterocycles. The van der Waals surface area contributed by atoms with Crippen molar-refractivity contribution in [2.45, 2.75) is 39.5 Å². The van der Waals surface area contributed by atoms with Gasteiger partial charge in [-0.1, -0.05) is 19.8 Å². The highest BCUT2D eigenvalue weighted by atomic mass is 14.1. The minimum atomic E-state index is 0.716. The highest BCUT2D eigenvalue weighted by Crippen LogP contribution is 2.19. The van der Waals surface area contributed by atoms with Gasteiger partial charge < -0.3 is 0 Å². The van der Waals surface area contributed by atoms with Gasteiger partial charge in [0.15, 0.2) is 0 Å². The van der Waals surface area contributed by atoms with E-state index >= 15 is 0 Å². The minimum Gasteiger partial charge on any atom is -0.103 e. The van der Waals surface area contributed by atoms with Crippen LogP contribution in [0.5, 0.6) is 0 Å². The monoisotopic (exact) mass is 136 g/mol. The molecule has 0 heteroatoms. The molecule has 10 heavy (non-hydrogen) atoms. The lowest BCUT2D eigenvalue weighted by molar-refractivity contribution is 0.448. The lowest BCUT2D eigenvalue weighted by atomic mass is 9.90. The molecule has 0 aromatic heterocycles. The first-order valence-corrected chi connectivity index (χ1v) is 4.27. The summed E-state index contributed by atoms with van der Waals surface area (Å²) in [6, 6.07) is 0. The molecule has 1 unspecified atom stereocenters. The molecule has 0 saturated heterocycles. The van der Waals surface area contributed by atoms with Gasteiger partial charge in [0, 0.05) is 12.3 Å². The SMILES string of the molecule is CC(C)CC1C#CCCC1. The quantitative estimate of drug-likeness (QED) is 0.512. The Morgan fingerprint density at radius 1 is 1.50 bits per heavy atom. The average Bonchev–Trinajstić information content (AvgIpc) is 1.88. The van der Waals surface area contributed by atoms with Crippen LogP contribution in [0, 0.1) is 23.7 Å². The first kappa shape index (κ1) is 7.66. The summed E-state index contributed by atoms with van der Waals surface area (Å²) < 4.78 is 0. The molecular weight excluding hydrogens is 120 g/mol. The molecule has 0 aliphatic heterocycles. The Bertz CT molecular complexity index is 145. The van der Waals surface area contributed by atoms with Crippen molar-refractivity contribution >= 4 is 0 Å². The van der Waals surface area contributed by atoms with Gasteiger partial charge in [0.2, 0.25) is 0 Å². The first-order chi connectivity index (χ1) is 4.79. The van der Waals surface area contributed by atoms with Gasteiger partial charge in [-0.3, -0.25) is 0 Å². The molecule has 0 nitrogen and oxygen atoms in total. The third-order valence-electron chi connectivity index (χ3n) is 1.92. The third kappa shape index (κ3) is 2.43. The first-order valence-electron chi connectivity index (χ1n) is 4.27. The summed E-state index contributed by atoms with van der Waals surface area (Å²) in [5.74, 6) is 8.02. The Balaban J connectivity index is 2.31. The van der Waals surface area contributed by atoms with E-state index in [1.807, 2.05) is 0 Å². The fourth-order valence-electron chi connectivity index (χ4n) is 1.47. The number of hydrogen-bond donors (Lipinski definition) is 0. The molecule has 0 aromatic rings. The van der Waals surface area contributed by atoms with Crippen LogP contribution in [0.15, 0.2) is 0 Å². The van der Waals surface area contributed by atoms with Crippen molar-refractivity contribution in [2.75, 3.05) is 0 Å². The summed E-state index contributed by atoms with van der Waals surface area (Å²) in [7, 11) is 0. The van der Waals surface area contributed by atoms with Crippen molar-refractivity contribution in [3.63, 3.8) is 0 Å². The van der Waals surface area contributed by atoms with Gasteiger partial charge in [-0.25, -0.2) is 0 Å². The normalized spacial score (nSPS) is 24.1. The molecule has 56 valence electrons. The van der Waals surface area contributed by atoms with E-state index in [0.29, 0.717) is 5.92 Å². The summed E-state index contributed by atoms with van der Waals surface area (Å²) >= 11 is 0. The molecule has 0 aromatic carbocycles. The minimum absolute atomic E-state index is 0.716. The number of rotatable bonds is 2. The van der Waals surface area contributed by atoms with Crippen LogP contribution in [0.4, 0.5) is 0 Å². The fourth-order valence-corrected chi connectivity index (χ4v) is 1.47. The fraction of sp³-hybridized carbons (Fsp3) is 0.800. The van der Waals surface area contributed by atoms with Crippen molar-refractivity contribution in [1.82, 2.24) is 0 Å². The zero-order chi connectivity index (χ0) is 7.40. The van der Waals surface area contributed by atoms with Crippen molar-refractivity contribution in [3.05, 3.63) is 0 Å². The molecule has 0 spiro atoms. The number of hydrogen-bond acceptors (Lipinski definition) is 0. The van der Waals surface area contributed by atoms with Crippen molar-refractivity contribution in [1.29, 1.82) is 0 Å². The second kappa shape index (κ2) is 3.66. The molecular formula is C10H16. The smallest absolute Gasteiger partial charge is 0.0205 e. The summed E-state index contributed by atoms with van der Waals surface area (Å²) in [5, 5.41) is 0. The Morgan fingerprint density at radius 2 is 2.30 bits per heavy atom. The van der Waals surface area contributed by atoms with Gasteiger partial charge in [-0.2, -0.15) is 0 Å². The molecule has 0 amide bonds. The Hall–Kier alpha value is -0.440. The molecule has 1 rings (SSSR count). The van der Waals surface area contributed by atoms with Gasteiger partial charge >= 0.3 is 0 Å². The summed E-state index contributed by atoms with van der Waals surface area (Å²) in [6.45, 7) is 4.55. The lowest BCUT2D eigenvalue weighted by Crippen LogP contribution is -2.04. The maximum atomic E-state index is 3.30.